The van der Waals surface area contributed by atoms with E-state index in [1.165, 1.54) is 29.7 Å². The lowest BCUT2D eigenvalue weighted by Crippen LogP contribution is -2.42. The minimum atomic E-state index is -1.12. The second-order valence-electron chi connectivity index (χ2n) is 8.13. The molecule has 2 aromatic carbocycles. The normalized spacial score (nSPS) is 13.0. The van der Waals surface area contributed by atoms with Crippen molar-refractivity contribution in [2.45, 2.75) is 18.4 Å². The highest BCUT2D eigenvalue weighted by Gasteiger charge is 2.30. The fraction of sp³-hybridized carbons (Fsp3) is 0.280. The zero-order valence-electron chi connectivity index (χ0n) is 19.4. The van der Waals surface area contributed by atoms with Gasteiger partial charge in [0.25, 0.3) is 5.91 Å². The number of ether oxygens (including phenoxy) is 1. The highest BCUT2D eigenvalue weighted by atomic mass is 32.2. The predicted octanol–water partition coefficient (Wildman–Crippen LogP) is 3.72. The number of aliphatic carboxylic acids is 1. The number of aryl methyl sites for hydroxylation is 1. The molecule has 0 saturated heterocycles. The van der Waals surface area contributed by atoms with E-state index in [4.69, 9.17) is 4.74 Å². The molecule has 10 heteroatoms. The SMILES string of the molecule is CSCCC(NC(=O)c1c(NC(=O)OCC2c3ccccc3-c3ccccc32)cnn1C)C(=O)O. The first kappa shape index (κ1) is 24.3. The molecule has 3 aromatic rings. The van der Waals surface area contributed by atoms with Gasteiger partial charge in [-0.2, -0.15) is 16.9 Å². The van der Waals surface area contributed by atoms with E-state index in [0.717, 1.165) is 22.3 Å². The number of hydrogen-bond donors (Lipinski definition) is 3. The van der Waals surface area contributed by atoms with Gasteiger partial charge >= 0.3 is 12.1 Å². The molecule has 3 N–H and O–H groups in total. The van der Waals surface area contributed by atoms with Crippen molar-refractivity contribution >= 4 is 35.4 Å². The van der Waals surface area contributed by atoms with E-state index in [1.807, 2.05) is 42.7 Å². The van der Waals surface area contributed by atoms with Crippen LogP contribution in [0.3, 0.4) is 0 Å². The summed E-state index contributed by atoms with van der Waals surface area (Å²) in [5.74, 6) is -1.29. The molecule has 1 unspecified atom stereocenters. The summed E-state index contributed by atoms with van der Waals surface area (Å²) < 4.78 is 6.82. The molecule has 1 aliphatic carbocycles. The molecule has 0 spiro atoms. The zero-order valence-corrected chi connectivity index (χ0v) is 20.2. The summed E-state index contributed by atoms with van der Waals surface area (Å²) in [6.07, 6.45) is 2.73. The molecule has 9 nitrogen and oxygen atoms in total. The first-order chi connectivity index (χ1) is 16.9. The lowest BCUT2D eigenvalue weighted by atomic mass is 9.98. The number of amides is 2. The van der Waals surface area contributed by atoms with Crippen molar-refractivity contribution in [3.8, 4) is 11.1 Å². The predicted molar refractivity (Wildman–Crippen MR) is 134 cm³/mol. The molecule has 0 fully saturated rings. The fourth-order valence-corrected chi connectivity index (χ4v) is 4.73. The molecule has 0 saturated carbocycles. The van der Waals surface area contributed by atoms with Crippen LogP contribution in [0.4, 0.5) is 10.5 Å². The summed E-state index contributed by atoms with van der Waals surface area (Å²) in [6.45, 7) is 0.122. The van der Waals surface area contributed by atoms with Gasteiger partial charge in [0, 0.05) is 13.0 Å². The first-order valence-corrected chi connectivity index (χ1v) is 12.5. The van der Waals surface area contributed by atoms with E-state index in [9.17, 15) is 19.5 Å². The second-order valence-corrected chi connectivity index (χ2v) is 9.11. The van der Waals surface area contributed by atoms with Gasteiger partial charge in [-0.1, -0.05) is 48.5 Å². The van der Waals surface area contributed by atoms with Crippen molar-refractivity contribution in [2.24, 2.45) is 7.05 Å². The summed E-state index contributed by atoms with van der Waals surface area (Å²) in [5.41, 5.74) is 4.60. The Morgan fingerprint density at radius 1 is 1.11 bits per heavy atom. The van der Waals surface area contributed by atoms with Crippen molar-refractivity contribution in [1.29, 1.82) is 0 Å². The average Bonchev–Trinajstić information content (AvgIpc) is 3.37. The maximum atomic E-state index is 12.8. The molecule has 182 valence electrons. The maximum Gasteiger partial charge on any atom is 0.411 e. The number of rotatable bonds is 9. The van der Waals surface area contributed by atoms with Gasteiger partial charge in [0.05, 0.1) is 11.9 Å². The molecule has 1 heterocycles. The molecule has 35 heavy (non-hydrogen) atoms. The Hall–Kier alpha value is -3.79. The van der Waals surface area contributed by atoms with Crippen LogP contribution in [0.25, 0.3) is 11.1 Å². The maximum absolute atomic E-state index is 12.8. The van der Waals surface area contributed by atoms with Gasteiger partial charge in [0.1, 0.15) is 18.3 Å². The smallest absolute Gasteiger partial charge is 0.411 e. The molecule has 1 aliphatic rings. The van der Waals surface area contributed by atoms with Crippen LogP contribution >= 0.6 is 11.8 Å². The Morgan fingerprint density at radius 3 is 2.34 bits per heavy atom. The third-order valence-corrected chi connectivity index (χ3v) is 6.59. The quantitative estimate of drug-likeness (QED) is 0.414. The van der Waals surface area contributed by atoms with Crippen molar-refractivity contribution in [3.63, 3.8) is 0 Å². The van der Waals surface area contributed by atoms with Crippen LogP contribution in [-0.2, 0) is 16.6 Å². The minimum Gasteiger partial charge on any atom is -0.480 e. The van der Waals surface area contributed by atoms with Crippen LogP contribution in [0.2, 0.25) is 0 Å². The number of thioether (sulfide) groups is 1. The Balaban J connectivity index is 1.44. The van der Waals surface area contributed by atoms with Crippen molar-refractivity contribution in [2.75, 3.05) is 23.9 Å². The molecule has 4 rings (SSSR count). The van der Waals surface area contributed by atoms with Gasteiger partial charge in [-0.25, -0.2) is 9.59 Å². The molecule has 0 aliphatic heterocycles. The number of carbonyl (C=O) groups is 3. The molecule has 1 aromatic heterocycles. The van der Waals surface area contributed by atoms with Gasteiger partial charge in [0.2, 0.25) is 0 Å². The number of fused-ring (bicyclic) bond motifs is 3. The van der Waals surface area contributed by atoms with E-state index < -0.39 is 24.0 Å². The van der Waals surface area contributed by atoms with E-state index in [-0.39, 0.29) is 30.3 Å². The molecule has 2 amide bonds. The number of carbonyl (C=O) groups excluding carboxylic acids is 2. The summed E-state index contributed by atoms with van der Waals surface area (Å²) >= 11 is 1.49. The molecule has 1 atom stereocenters. The highest BCUT2D eigenvalue weighted by Crippen LogP contribution is 2.44. The Morgan fingerprint density at radius 2 is 1.74 bits per heavy atom. The number of carboxylic acid groups (broad SMARTS) is 1. The average molecular weight is 495 g/mol. The lowest BCUT2D eigenvalue weighted by Gasteiger charge is -2.16. The molecule has 0 bridgehead atoms. The second kappa shape index (κ2) is 10.6. The number of carboxylic acids is 1. The van der Waals surface area contributed by atoms with Gasteiger partial charge < -0.3 is 15.2 Å². The lowest BCUT2D eigenvalue weighted by molar-refractivity contribution is -0.139. The van der Waals surface area contributed by atoms with Crippen LogP contribution in [0.15, 0.2) is 54.7 Å². The third kappa shape index (κ3) is 5.17. The van der Waals surface area contributed by atoms with Gasteiger partial charge in [0.15, 0.2) is 0 Å². The summed E-state index contributed by atoms with van der Waals surface area (Å²) in [7, 11) is 1.54. The van der Waals surface area contributed by atoms with Gasteiger partial charge in [-0.15, -0.1) is 0 Å². The number of anilines is 1. The van der Waals surface area contributed by atoms with Crippen molar-refractivity contribution in [3.05, 3.63) is 71.5 Å². The molecular formula is C25H26N4O5S. The summed E-state index contributed by atoms with van der Waals surface area (Å²) in [4.78, 5) is 37.0. The molecule has 0 radical (unpaired) electrons. The fourth-order valence-electron chi connectivity index (χ4n) is 4.26. The Labute approximate surface area is 206 Å². The van der Waals surface area contributed by atoms with Crippen LogP contribution in [0.5, 0.6) is 0 Å². The summed E-state index contributed by atoms with van der Waals surface area (Å²) in [6, 6.07) is 15.0. The number of nitrogens with one attached hydrogen (secondary N) is 2. The van der Waals surface area contributed by atoms with Gasteiger partial charge in [-0.3, -0.25) is 14.8 Å². The topological polar surface area (TPSA) is 123 Å². The van der Waals surface area contributed by atoms with Crippen molar-refractivity contribution in [1.82, 2.24) is 15.1 Å². The Bertz CT molecular complexity index is 1210. The monoisotopic (exact) mass is 494 g/mol. The standard InChI is InChI=1S/C25H26N4O5S/c1-29-22(23(30)27-20(24(31)32)11-12-35-2)21(13-26-29)28-25(33)34-14-19-17-9-5-3-7-15(17)16-8-4-6-10-18(16)19/h3-10,13,19-20H,11-12,14H2,1-2H3,(H,27,30)(H,28,33)(H,31,32). The van der Waals surface area contributed by atoms with Crippen molar-refractivity contribution < 1.29 is 24.2 Å². The van der Waals surface area contributed by atoms with E-state index in [1.54, 1.807) is 0 Å². The van der Waals surface area contributed by atoms with Crippen LogP contribution in [0.1, 0.15) is 34.0 Å². The molecular weight excluding hydrogens is 468 g/mol. The number of aromatic nitrogens is 2. The van der Waals surface area contributed by atoms with Crippen LogP contribution < -0.4 is 10.6 Å². The number of benzene rings is 2. The van der Waals surface area contributed by atoms with E-state index in [2.05, 4.69) is 27.9 Å². The zero-order chi connectivity index (χ0) is 24.9. The number of nitrogens with zero attached hydrogens (tertiary/aromatic N) is 2. The first-order valence-electron chi connectivity index (χ1n) is 11.1. The summed E-state index contributed by atoms with van der Waals surface area (Å²) in [5, 5.41) is 18.5. The highest BCUT2D eigenvalue weighted by molar-refractivity contribution is 7.98. The van der Waals surface area contributed by atoms with Gasteiger partial charge in [-0.05, 0) is 40.7 Å². The van der Waals surface area contributed by atoms with E-state index >= 15 is 0 Å². The van der Waals surface area contributed by atoms with Crippen LogP contribution in [0, 0.1) is 0 Å². The Kier molecular flexibility index (Phi) is 7.40. The number of hydrogen-bond acceptors (Lipinski definition) is 6. The largest absolute Gasteiger partial charge is 0.480 e. The minimum absolute atomic E-state index is 0.0360. The van der Waals surface area contributed by atoms with E-state index in [0.29, 0.717) is 5.75 Å². The third-order valence-electron chi connectivity index (χ3n) is 5.95. The van der Waals surface area contributed by atoms with Crippen LogP contribution in [-0.4, -0.2) is 57.5 Å².